The van der Waals surface area contributed by atoms with Crippen LogP contribution in [-0.2, 0) is 16.1 Å². The highest BCUT2D eigenvalue weighted by molar-refractivity contribution is 5.92. The Balaban J connectivity index is 1.43. The Labute approximate surface area is 237 Å². The van der Waals surface area contributed by atoms with Gasteiger partial charge in [0.05, 0.1) is 5.69 Å². The summed E-state index contributed by atoms with van der Waals surface area (Å²) in [5.41, 5.74) is 5.65. The molecule has 5 rings (SSSR count). The van der Waals surface area contributed by atoms with Crippen LogP contribution in [0.1, 0.15) is 32.0 Å². The third kappa shape index (κ3) is 6.55. The molecular weight excluding hydrogens is 520 g/mol. The van der Waals surface area contributed by atoms with Crippen LogP contribution in [0.2, 0.25) is 0 Å². The van der Waals surface area contributed by atoms with Gasteiger partial charge in [-0.25, -0.2) is 19.7 Å². The Bertz CT molecular complexity index is 1720. The number of hydrogen-bond donors (Lipinski definition) is 2. The lowest BCUT2D eigenvalue weighted by Gasteiger charge is -2.26. The highest BCUT2D eigenvalue weighted by Crippen LogP contribution is 2.31. The Morgan fingerprint density at radius 2 is 1.71 bits per heavy atom. The van der Waals surface area contributed by atoms with Crippen LogP contribution in [0.25, 0.3) is 44.9 Å². The average Bonchev–Trinajstić information content (AvgIpc) is 3.40. The highest BCUT2D eigenvalue weighted by Gasteiger charge is 2.24. The molecule has 5 aromatic rings. The topological polar surface area (TPSA) is 134 Å². The van der Waals surface area contributed by atoms with Crippen LogP contribution in [0.3, 0.4) is 0 Å². The number of pyridine rings is 2. The van der Waals surface area contributed by atoms with Crippen molar-refractivity contribution in [2.24, 2.45) is 0 Å². The molecule has 2 N–H and O–H groups in total. The smallest absolute Gasteiger partial charge is 0.411 e. The standard InChI is InChI=1S/C31H30N6O4/c1-19-6-5-7-25(34-19)29-35-27(24-12-13-33-28(24)36-29)23-14-22(15-32-16-23)21-10-8-20(9-11-21)17-37(18-26(38)39)30(40)41-31(2,3)4/h5-16H,17-18H2,1-4H3,(H,38,39)(H,33,35,36). The van der Waals surface area contributed by atoms with Gasteiger partial charge in [-0.15, -0.1) is 0 Å². The quantitative estimate of drug-likeness (QED) is 0.257. The number of carboxylic acid groups (broad SMARTS) is 1. The summed E-state index contributed by atoms with van der Waals surface area (Å²) in [6.45, 7) is 6.78. The third-order valence-corrected chi connectivity index (χ3v) is 6.18. The lowest BCUT2D eigenvalue weighted by atomic mass is 10.0. The van der Waals surface area contributed by atoms with Gasteiger partial charge in [-0.3, -0.25) is 14.7 Å². The molecule has 0 fully saturated rings. The number of nitrogens with zero attached hydrogens (tertiary/aromatic N) is 5. The lowest BCUT2D eigenvalue weighted by molar-refractivity contribution is -0.138. The molecule has 0 spiro atoms. The summed E-state index contributed by atoms with van der Waals surface area (Å²) in [7, 11) is 0. The second kappa shape index (κ2) is 11.2. The van der Waals surface area contributed by atoms with Gasteiger partial charge in [-0.05, 0) is 63.1 Å². The molecule has 0 bridgehead atoms. The van der Waals surface area contributed by atoms with E-state index in [1.165, 1.54) is 4.90 Å². The summed E-state index contributed by atoms with van der Waals surface area (Å²) in [5.74, 6) is -0.595. The molecule has 0 radical (unpaired) electrons. The van der Waals surface area contributed by atoms with Gasteiger partial charge in [-0.2, -0.15) is 0 Å². The van der Waals surface area contributed by atoms with Crippen molar-refractivity contribution in [3.8, 4) is 33.9 Å². The number of nitrogens with one attached hydrogen (secondary N) is 1. The third-order valence-electron chi connectivity index (χ3n) is 6.18. The number of aliphatic carboxylic acids is 1. The summed E-state index contributed by atoms with van der Waals surface area (Å²) in [5, 5.41) is 10.2. The number of rotatable bonds is 7. The van der Waals surface area contributed by atoms with E-state index in [2.05, 4.69) is 19.9 Å². The van der Waals surface area contributed by atoms with Gasteiger partial charge in [0, 0.05) is 47.3 Å². The summed E-state index contributed by atoms with van der Waals surface area (Å²) in [6, 6.07) is 17.2. The number of carbonyl (C=O) groups is 2. The van der Waals surface area contributed by atoms with Gasteiger partial charge < -0.3 is 14.8 Å². The number of fused-ring (bicyclic) bond motifs is 1. The van der Waals surface area contributed by atoms with Crippen LogP contribution < -0.4 is 0 Å². The van der Waals surface area contributed by atoms with E-state index in [-0.39, 0.29) is 6.54 Å². The minimum absolute atomic E-state index is 0.0992. The van der Waals surface area contributed by atoms with Crippen LogP contribution in [0.5, 0.6) is 0 Å². The Hall–Kier alpha value is -5.12. The van der Waals surface area contributed by atoms with E-state index >= 15 is 0 Å². The fraction of sp³-hybridized carbons (Fsp3) is 0.226. The largest absolute Gasteiger partial charge is 0.480 e. The number of aryl methyl sites for hydroxylation is 1. The van der Waals surface area contributed by atoms with Gasteiger partial charge >= 0.3 is 12.1 Å². The van der Waals surface area contributed by atoms with Gasteiger partial charge in [0.25, 0.3) is 0 Å². The van der Waals surface area contributed by atoms with E-state index in [1.54, 1.807) is 33.2 Å². The zero-order valence-electron chi connectivity index (χ0n) is 23.3. The number of aromatic amines is 1. The lowest BCUT2D eigenvalue weighted by Crippen LogP contribution is -2.39. The highest BCUT2D eigenvalue weighted by atomic mass is 16.6. The Kier molecular flexibility index (Phi) is 7.47. The first-order valence-corrected chi connectivity index (χ1v) is 13.1. The molecule has 0 saturated carbocycles. The van der Waals surface area contributed by atoms with Crippen molar-refractivity contribution < 1.29 is 19.4 Å². The Morgan fingerprint density at radius 1 is 0.951 bits per heavy atom. The second-order valence-corrected chi connectivity index (χ2v) is 10.7. The number of hydrogen-bond acceptors (Lipinski definition) is 7. The number of ether oxygens (including phenoxy) is 1. The SMILES string of the molecule is Cc1cccc(-c2nc(-c3cncc(-c4ccc(CN(CC(=O)O)C(=O)OC(C)(C)C)cc4)c3)c3cc[nH]c3n2)n1. The van der Waals surface area contributed by atoms with E-state index in [9.17, 15) is 14.7 Å². The first-order valence-electron chi connectivity index (χ1n) is 13.1. The number of carboxylic acids is 1. The van der Waals surface area contributed by atoms with Crippen molar-refractivity contribution in [3.05, 3.63) is 84.4 Å². The van der Waals surface area contributed by atoms with Gasteiger partial charge in [0.1, 0.15) is 23.5 Å². The molecule has 0 atom stereocenters. The molecule has 4 heterocycles. The van der Waals surface area contributed by atoms with Gasteiger partial charge in [0.15, 0.2) is 5.82 Å². The number of amides is 1. The number of benzene rings is 1. The molecule has 0 saturated heterocycles. The van der Waals surface area contributed by atoms with E-state index in [0.717, 1.165) is 39.0 Å². The molecule has 0 aliphatic heterocycles. The van der Waals surface area contributed by atoms with Gasteiger partial charge in [0.2, 0.25) is 0 Å². The predicted molar refractivity (Wildman–Crippen MR) is 155 cm³/mol. The summed E-state index contributed by atoms with van der Waals surface area (Å²) < 4.78 is 5.39. The summed E-state index contributed by atoms with van der Waals surface area (Å²) in [4.78, 5) is 46.9. The minimum Gasteiger partial charge on any atom is -0.480 e. The molecule has 10 heteroatoms. The normalized spacial score (nSPS) is 11.4. The average molecular weight is 551 g/mol. The predicted octanol–water partition coefficient (Wildman–Crippen LogP) is 5.88. The number of carbonyl (C=O) groups excluding carboxylic acids is 1. The number of aromatic nitrogens is 5. The first kappa shape index (κ1) is 27.4. The van der Waals surface area contributed by atoms with Crippen LogP contribution >= 0.6 is 0 Å². The number of H-pyrrole nitrogens is 1. The molecule has 0 aliphatic carbocycles. The van der Waals surface area contributed by atoms with Crippen molar-refractivity contribution in [2.75, 3.05) is 6.54 Å². The summed E-state index contributed by atoms with van der Waals surface area (Å²) in [6.07, 6.45) is 4.69. The molecule has 0 unspecified atom stereocenters. The molecule has 10 nitrogen and oxygen atoms in total. The van der Waals surface area contributed by atoms with Crippen molar-refractivity contribution in [1.29, 1.82) is 0 Å². The van der Waals surface area contributed by atoms with Crippen molar-refractivity contribution >= 4 is 23.1 Å². The molecule has 1 amide bonds. The van der Waals surface area contributed by atoms with Crippen molar-refractivity contribution in [1.82, 2.24) is 29.8 Å². The molecule has 41 heavy (non-hydrogen) atoms. The Morgan fingerprint density at radius 3 is 2.41 bits per heavy atom. The van der Waals surface area contributed by atoms with Gasteiger partial charge in [-0.1, -0.05) is 30.3 Å². The van der Waals surface area contributed by atoms with Crippen molar-refractivity contribution in [3.63, 3.8) is 0 Å². The minimum atomic E-state index is -1.11. The van der Waals surface area contributed by atoms with E-state index in [4.69, 9.17) is 9.72 Å². The maximum absolute atomic E-state index is 12.6. The molecule has 0 aliphatic rings. The zero-order valence-corrected chi connectivity index (χ0v) is 23.3. The zero-order chi connectivity index (χ0) is 29.1. The second-order valence-electron chi connectivity index (χ2n) is 10.7. The molecule has 1 aromatic carbocycles. The first-order chi connectivity index (χ1) is 19.6. The van der Waals surface area contributed by atoms with E-state index in [0.29, 0.717) is 17.2 Å². The monoisotopic (exact) mass is 550 g/mol. The fourth-order valence-electron chi connectivity index (χ4n) is 4.37. The molecular formula is C31H30N6O4. The van der Waals surface area contributed by atoms with E-state index < -0.39 is 24.2 Å². The van der Waals surface area contributed by atoms with Crippen molar-refractivity contribution in [2.45, 2.75) is 39.8 Å². The van der Waals surface area contributed by atoms with Crippen LogP contribution in [0.4, 0.5) is 4.79 Å². The maximum atomic E-state index is 12.6. The molecule has 4 aromatic heterocycles. The van der Waals surface area contributed by atoms with Crippen LogP contribution in [0, 0.1) is 6.92 Å². The van der Waals surface area contributed by atoms with E-state index in [1.807, 2.05) is 67.7 Å². The molecule has 208 valence electrons. The van der Waals surface area contributed by atoms with Crippen LogP contribution in [-0.4, -0.2) is 59.1 Å². The van der Waals surface area contributed by atoms with Crippen LogP contribution in [0.15, 0.2) is 73.2 Å². The fourth-order valence-corrected chi connectivity index (χ4v) is 4.37. The maximum Gasteiger partial charge on any atom is 0.411 e. The summed E-state index contributed by atoms with van der Waals surface area (Å²) >= 11 is 0.